The van der Waals surface area contributed by atoms with E-state index in [2.05, 4.69) is 4.98 Å². The standard InChI is InChI=1S/C23H14F3NO2/c24-23(25,26)18-12-9-15(10-13-18)19-14-11-16-7-4-8-20(21(16)27-19)29-22(28)17-5-2-1-3-6-17/h1-14H. The van der Waals surface area contributed by atoms with E-state index < -0.39 is 17.7 Å². The summed E-state index contributed by atoms with van der Waals surface area (Å²) in [4.78, 5) is 16.9. The zero-order chi connectivity index (χ0) is 20.4. The normalized spacial score (nSPS) is 11.4. The highest BCUT2D eigenvalue weighted by Gasteiger charge is 2.30. The Kier molecular flexibility index (Phi) is 4.76. The molecule has 0 N–H and O–H groups in total. The highest BCUT2D eigenvalue weighted by Crippen LogP contribution is 2.32. The number of carbonyl (C=O) groups is 1. The van der Waals surface area contributed by atoms with Gasteiger partial charge in [0.15, 0.2) is 5.75 Å². The molecular weight excluding hydrogens is 379 g/mol. The largest absolute Gasteiger partial charge is 0.421 e. The van der Waals surface area contributed by atoms with Gasteiger partial charge in [-0.25, -0.2) is 9.78 Å². The van der Waals surface area contributed by atoms with Gasteiger partial charge in [0.2, 0.25) is 0 Å². The fraction of sp³-hybridized carbons (Fsp3) is 0.0435. The number of hydrogen-bond acceptors (Lipinski definition) is 3. The van der Waals surface area contributed by atoms with Crippen molar-refractivity contribution in [2.24, 2.45) is 0 Å². The third-order valence-corrected chi connectivity index (χ3v) is 4.40. The number of alkyl halides is 3. The van der Waals surface area contributed by atoms with Crippen molar-refractivity contribution < 1.29 is 22.7 Å². The number of aromatic nitrogens is 1. The summed E-state index contributed by atoms with van der Waals surface area (Å²) in [5.74, 6) is -0.232. The first-order valence-corrected chi connectivity index (χ1v) is 8.76. The van der Waals surface area contributed by atoms with Crippen LogP contribution < -0.4 is 4.74 Å². The Morgan fingerprint density at radius 1 is 0.793 bits per heavy atom. The van der Waals surface area contributed by atoms with Crippen LogP contribution in [0.3, 0.4) is 0 Å². The van der Waals surface area contributed by atoms with Crippen LogP contribution in [-0.2, 0) is 6.18 Å². The quantitative estimate of drug-likeness (QED) is 0.310. The molecule has 0 amide bonds. The second-order valence-electron chi connectivity index (χ2n) is 6.36. The summed E-state index contributed by atoms with van der Waals surface area (Å²) in [5.41, 5.74) is 1.15. The predicted octanol–water partition coefficient (Wildman–Crippen LogP) is 6.14. The molecule has 0 fully saturated rings. The van der Waals surface area contributed by atoms with E-state index in [-0.39, 0.29) is 5.75 Å². The van der Waals surface area contributed by atoms with Crippen molar-refractivity contribution in [2.75, 3.05) is 0 Å². The fourth-order valence-corrected chi connectivity index (χ4v) is 2.93. The lowest BCUT2D eigenvalue weighted by Gasteiger charge is -2.10. The Balaban J connectivity index is 1.70. The van der Waals surface area contributed by atoms with Gasteiger partial charge >= 0.3 is 12.1 Å². The van der Waals surface area contributed by atoms with Gasteiger partial charge in [0, 0.05) is 10.9 Å². The van der Waals surface area contributed by atoms with Gasteiger partial charge in [-0.15, -0.1) is 0 Å². The Morgan fingerprint density at radius 3 is 2.21 bits per heavy atom. The molecule has 6 heteroatoms. The van der Waals surface area contributed by atoms with E-state index in [1.54, 1.807) is 54.6 Å². The molecule has 0 unspecified atom stereocenters. The van der Waals surface area contributed by atoms with Crippen molar-refractivity contribution >= 4 is 16.9 Å². The van der Waals surface area contributed by atoms with Crippen molar-refractivity contribution in [3.05, 3.63) is 96.1 Å². The highest BCUT2D eigenvalue weighted by atomic mass is 19.4. The molecule has 144 valence electrons. The summed E-state index contributed by atoms with van der Waals surface area (Å²) in [7, 11) is 0. The summed E-state index contributed by atoms with van der Waals surface area (Å²) in [6.07, 6.45) is -4.39. The zero-order valence-corrected chi connectivity index (χ0v) is 15.0. The predicted molar refractivity (Wildman–Crippen MR) is 104 cm³/mol. The molecule has 0 saturated heterocycles. The van der Waals surface area contributed by atoms with Crippen LogP contribution in [0.5, 0.6) is 5.75 Å². The number of benzene rings is 3. The summed E-state index contributed by atoms with van der Waals surface area (Å²) in [5, 5.41) is 0.749. The van der Waals surface area contributed by atoms with Crippen molar-refractivity contribution in [2.45, 2.75) is 6.18 Å². The van der Waals surface area contributed by atoms with Crippen LogP contribution in [0.2, 0.25) is 0 Å². The zero-order valence-electron chi connectivity index (χ0n) is 15.0. The molecule has 0 radical (unpaired) electrons. The van der Waals surface area contributed by atoms with Crippen molar-refractivity contribution in [3.63, 3.8) is 0 Å². The molecule has 3 aromatic carbocycles. The molecule has 1 heterocycles. The molecule has 0 aliphatic heterocycles. The lowest BCUT2D eigenvalue weighted by molar-refractivity contribution is -0.137. The number of carbonyl (C=O) groups excluding carboxylic acids is 1. The van der Waals surface area contributed by atoms with Crippen molar-refractivity contribution in [1.29, 1.82) is 0 Å². The fourth-order valence-electron chi connectivity index (χ4n) is 2.93. The maximum Gasteiger partial charge on any atom is 0.416 e. The molecule has 0 saturated carbocycles. The van der Waals surface area contributed by atoms with E-state index in [0.29, 0.717) is 22.3 Å². The van der Waals surface area contributed by atoms with Crippen molar-refractivity contribution in [3.8, 4) is 17.0 Å². The van der Waals surface area contributed by atoms with Gasteiger partial charge in [0.05, 0.1) is 16.8 Å². The van der Waals surface area contributed by atoms with Crippen LogP contribution in [0.25, 0.3) is 22.2 Å². The Labute approximate surface area is 164 Å². The smallest absolute Gasteiger partial charge is 0.416 e. The first-order chi connectivity index (χ1) is 13.9. The molecule has 4 rings (SSSR count). The van der Waals surface area contributed by atoms with E-state index in [9.17, 15) is 18.0 Å². The minimum atomic E-state index is -4.39. The van der Waals surface area contributed by atoms with Crippen LogP contribution >= 0.6 is 0 Å². The average Bonchev–Trinajstić information content (AvgIpc) is 2.74. The number of fused-ring (bicyclic) bond motifs is 1. The number of pyridine rings is 1. The van der Waals surface area contributed by atoms with E-state index in [0.717, 1.165) is 17.5 Å². The van der Waals surface area contributed by atoms with Crippen LogP contribution in [0, 0.1) is 0 Å². The van der Waals surface area contributed by atoms with Gasteiger partial charge in [-0.1, -0.05) is 48.5 Å². The Hall–Kier alpha value is -3.67. The number of para-hydroxylation sites is 1. The average molecular weight is 393 g/mol. The minimum Gasteiger partial charge on any atom is -0.421 e. The van der Waals surface area contributed by atoms with Gasteiger partial charge < -0.3 is 4.74 Å². The number of rotatable bonds is 3. The maximum atomic E-state index is 12.8. The lowest BCUT2D eigenvalue weighted by atomic mass is 10.1. The number of halogens is 3. The molecular formula is C23H14F3NO2. The molecule has 0 aliphatic carbocycles. The summed E-state index contributed by atoms with van der Waals surface area (Å²) in [6.45, 7) is 0. The molecule has 1 aromatic heterocycles. The van der Waals surface area contributed by atoms with E-state index >= 15 is 0 Å². The highest BCUT2D eigenvalue weighted by molar-refractivity contribution is 5.94. The van der Waals surface area contributed by atoms with Crippen LogP contribution in [0.1, 0.15) is 15.9 Å². The lowest BCUT2D eigenvalue weighted by Crippen LogP contribution is -2.08. The molecule has 0 bridgehead atoms. The van der Waals surface area contributed by atoms with Gasteiger partial charge in [-0.2, -0.15) is 13.2 Å². The van der Waals surface area contributed by atoms with E-state index in [4.69, 9.17) is 4.74 Å². The number of esters is 1. The number of nitrogens with zero attached hydrogens (tertiary/aromatic N) is 1. The number of ether oxygens (including phenoxy) is 1. The van der Waals surface area contributed by atoms with Crippen LogP contribution in [0.15, 0.2) is 84.9 Å². The van der Waals surface area contributed by atoms with Gasteiger partial charge in [-0.05, 0) is 36.4 Å². The summed E-state index contributed by atoms with van der Waals surface area (Å²) >= 11 is 0. The third kappa shape index (κ3) is 3.96. The number of hydrogen-bond donors (Lipinski definition) is 0. The Bertz CT molecular complexity index is 1170. The second kappa shape index (κ2) is 7.39. The molecule has 0 aliphatic rings. The second-order valence-corrected chi connectivity index (χ2v) is 6.36. The minimum absolute atomic E-state index is 0.283. The Morgan fingerprint density at radius 2 is 1.52 bits per heavy atom. The van der Waals surface area contributed by atoms with Crippen LogP contribution in [0.4, 0.5) is 13.2 Å². The molecule has 0 spiro atoms. The van der Waals surface area contributed by atoms with Gasteiger partial charge in [-0.3, -0.25) is 0 Å². The first-order valence-electron chi connectivity index (χ1n) is 8.76. The topological polar surface area (TPSA) is 39.2 Å². The molecule has 29 heavy (non-hydrogen) atoms. The summed E-state index contributed by atoms with van der Waals surface area (Å²) in [6, 6.07) is 22.0. The van der Waals surface area contributed by atoms with E-state index in [1.807, 2.05) is 6.07 Å². The first kappa shape index (κ1) is 18.7. The molecule has 3 nitrogen and oxygen atoms in total. The van der Waals surface area contributed by atoms with Crippen LogP contribution in [-0.4, -0.2) is 11.0 Å². The van der Waals surface area contributed by atoms with Gasteiger partial charge in [0.25, 0.3) is 0 Å². The molecule has 4 aromatic rings. The van der Waals surface area contributed by atoms with Gasteiger partial charge in [0.1, 0.15) is 5.52 Å². The monoisotopic (exact) mass is 393 g/mol. The van der Waals surface area contributed by atoms with E-state index in [1.165, 1.54) is 12.1 Å². The SMILES string of the molecule is O=C(Oc1cccc2ccc(-c3ccc(C(F)(F)F)cc3)nc12)c1ccccc1. The van der Waals surface area contributed by atoms with Crippen molar-refractivity contribution in [1.82, 2.24) is 4.98 Å². The summed E-state index contributed by atoms with van der Waals surface area (Å²) < 4.78 is 43.9. The maximum absolute atomic E-state index is 12.8. The molecule has 0 atom stereocenters. The third-order valence-electron chi connectivity index (χ3n) is 4.40.